The number of amides is 1. The number of nitro benzene ring substituents is 1. The van der Waals surface area contributed by atoms with E-state index in [0.29, 0.717) is 11.4 Å². The Kier molecular flexibility index (Phi) is 4.18. The van der Waals surface area contributed by atoms with E-state index in [1.807, 2.05) is 0 Å². The van der Waals surface area contributed by atoms with Crippen LogP contribution in [0.3, 0.4) is 0 Å². The molecule has 1 N–H and O–H groups in total. The fourth-order valence-corrected chi connectivity index (χ4v) is 2.51. The summed E-state index contributed by atoms with van der Waals surface area (Å²) in [6.45, 7) is 0.330. The van der Waals surface area contributed by atoms with Gasteiger partial charge in [0, 0.05) is 29.0 Å². The Balaban J connectivity index is 1.95. The zero-order valence-electron chi connectivity index (χ0n) is 9.70. The molecule has 1 aromatic heterocycles. The van der Waals surface area contributed by atoms with Crippen molar-refractivity contribution in [2.45, 2.75) is 11.4 Å². The number of thiophene rings is 1. The van der Waals surface area contributed by atoms with Crippen LogP contribution in [0.25, 0.3) is 0 Å². The maximum atomic E-state index is 11.8. The molecule has 0 aliphatic heterocycles. The summed E-state index contributed by atoms with van der Waals surface area (Å²) >= 11 is 5.46. The van der Waals surface area contributed by atoms with Gasteiger partial charge < -0.3 is 5.32 Å². The number of hydrogen-bond donors (Lipinski definition) is 2. The Morgan fingerprint density at radius 1 is 1.37 bits per heavy atom. The van der Waals surface area contributed by atoms with Crippen molar-refractivity contribution >= 4 is 35.6 Å². The summed E-state index contributed by atoms with van der Waals surface area (Å²) in [6, 6.07) is 7.77. The summed E-state index contributed by atoms with van der Waals surface area (Å²) in [5.41, 5.74) is 0.842. The zero-order chi connectivity index (χ0) is 13.8. The third-order valence-corrected chi connectivity index (χ3v) is 3.77. The van der Waals surface area contributed by atoms with E-state index in [-0.39, 0.29) is 11.6 Å². The summed E-state index contributed by atoms with van der Waals surface area (Å²) in [7, 11) is 0. The quantitative estimate of drug-likeness (QED) is 0.517. The number of rotatable bonds is 4. The first-order valence-corrected chi connectivity index (χ1v) is 6.68. The summed E-state index contributed by atoms with van der Waals surface area (Å²) < 4.78 is 0. The monoisotopic (exact) mass is 294 g/mol. The van der Waals surface area contributed by atoms with Gasteiger partial charge in [0.25, 0.3) is 11.6 Å². The first kappa shape index (κ1) is 13.6. The van der Waals surface area contributed by atoms with Gasteiger partial charge >= 0.3 is 0 Å². The highest BCUT2D eigenvalue weighted by atomic mass is 32.1. The first-order valence-electron chi connectivity index (χ1n) is 5.35. The lowest BCUT2D eigenvalue weighted by molar-refractivity contribution is -0.384. The summed E-state index contributed by atoms with van der Waals surface area (Å²) in [6.07, 6.45) is 0. The third kappa shape index (κ3) is 3.55. The SMILES string of the molecule is O=C(NCc1ccc([N+](=O)[O-])cc1)c1cc(S)cs1. The minimum Gasteiger partial charge on any atom is -0.347 e. The van der Waals surface area contributed by atoms with Crippen molar-refractivity contribution in [1.82, 2.24) is 5.32 Å². The van der Waals surface area contributed by atoms with Crippen LogP contribution in [0, 0.1) is 10.1 Å². The summed E-state index contributed by atoms with van der Waals surface area (Å²) in [5.74, 6) is -0.177. The Labute approximate surface area is 118 Å². The van der Waals surface area contributed by atoms with Crippen LogP contribution < -0.4 is 5.32 Å². The lowest BCUT2D eigenvalue weighted by atomic mass is 10.2. The van der Waals surface area contributed by atoms with E-state index >= 15 is 0 Å². The third-order valence-electron chi connectivity index (χ3n) is 2.41. The Hall–Kier alpha value is -1.86. The molecule has 1 aromatic carbocycles. The number of nitrogens with one attached hydrogen (secondary N) is 1. The number of thiol groups is 1. The van der Waals surface area contributed by atoms with Crippen LogP contribution in [-0.4, -0.2) is 10.8 Å². The van der Waals surface area contributed by atoms with Crippen molar-refractivity contribution in [3.8, 4) is 0 Å². The molecule has 0 spiro atoms. The van der Waals surface area contributed by atoms with Gasteiger partial charge in [0.2, 0.25) is 0 Å². The predicted molar refractivity (Wildman–Crippen MR) is 75.8 cm³/mol. The second-order valence-electron chi connectivity index (χ2n) is 3.78. The van der Waals surface area contributed by atoms with Crippen molar-refractivity contribution in [1.29, 1.82) is 0 Å². The fourth-order valence-electron chi connectivity index (χ4n) is 1.45. The highest BCUT2D eigenvalue weighted by Crippen LogP contribution is 2.17. The van der Waals surface area contributed by atoms with Gasteiger partial charge in [-0.1, -0.05) is 12.1 Å². The number of carbonyl (C=O) groups is 1. The van der Waals surface area contributed by atoms with Gasteiger partial charge in [0.05, 0.1) is 9.80 Å². The van der Waals surface area contributed by atoms with Crippen LogP contribution in [0.15, 0.2) is 40.6 Å². The molecule has 2 aromatic rings. The number of benzene rings is 1. The number of hydrogen-bond acceptors (Lipinski definition) is 5. The van der Waals surface area contributed by atoms with E-state index < -0.39 is 4.92 Å². The van der Waals surface area contributed by atoms with E-state index in [1.165, 1.54) is 23.5 Å². The van der Waals surface area contributed by atoms with Gasteiger partial charge in [0.1, 0.15) is 0 Å². The molecular formula is C12H10N2O3S2. The smallest absolute Gasteiger partial charge is 0.269 e. The second-order valence-corrected chi connectivity index (χ2v) is 5.20. The van der Waals surface area contributed by atoms with Gasteiger partial charge in [-0.15, -0.1) is 24.0 Å². The molecule has 1 heterocycles. The summed E-state index contributed by atoms with van der Waals surface area (Å²) in [4.78, 5) is 23.1. The van der Waals surface area contributed by atoms with Crippen molar-refractivity contribution in [2.24, 2.45) is 0 Å². The molecule has 0 unspecified atom stereocenters. The molecule has 0 bridgehead atoms. The number of non-ortho nitro benzene ring substituents is 1. The van der Waals surface area contributed by atoms with Crippen molar-refractivity contribution < 1.29 is 9.72 Å². The first-order chi connectivity index (χ1) is 9.06. The van der Waals surface area contributed by atoms with Crippen LogP contribution in [0.4, 0.5) is 5.69 Å². The number of carbonyl (C=O) groups excluding carboxylic acids is 1. The van der Waals surface area contributed by atoms with E-state index in [0.717, 1.165) is 10.5 Å². The fraction of sp³-hybridized carbons (Fsp3) is 0.0833. The van der Waals surface area contributed by atoms with Crippen LogP contribution in [0.5, 0.6) is 0 Å². The molecule has 0 atom stereocenters. The average molecular weight is 294 g/mol. The molecule has 1 amide bonds. The molecule has 19 heavy (non-hydrogen) atoms. The average Bonchev–Trinajstić information content (AvgIpc) is 2.83. The molecule has 0 radical (unpaired) electrons. The Bertz CT molecular complexity index is 608. The van der Waals surface area contributed by atoms with Gasteiger partial charge in [0.15, 0.2) is 0 Å². The van der Waals surface area contributed by atoms with E-state index in [1.54, 1.807) is 23.6 Å². The highest BCUT2D eigenvalue weighted by molar-refractivity contribution is 7.80. The lowest BCUT2D eigenvalue weighted by Crippen LogP contribution is -2.21. The molecule has 0 aliphatic carbocycles. The highest BCUT2D eigenvalue weighted by Gasteiger charge is 2.08. The molecule has 2 rings (SSSR count). The molecule has 7 heteroatoms. The van der Waals surface area contributed by atoms with Crippen LogP contribution >= 0.6 is 24.0 Å². The van der Waals surface area contributed by atoms with Crippen molar-refractivity contribution in [3.05, 3.63) is 56.3 Å². The molecule has 0 saturated carbocycles. The predicted octanol–water partition coefficient (Wildman–Crippen LogP) is 2.88. The Morgan fingerprint density at radius 2 is 2.05 bits per heavy atom. The largest absolute Gasteiger partial charge is 0.347 e. The maximum Gasteiger partial charge on any atom is 0.269 e. The standard InChI is InChI=1S/C12H10N2O3S2/c15-12(11-5-10(18)7-19-11)13-6-8-1-3-9(4-2-8)14(16)17/h1-5,7,18H,6H2,(H,13,15). The van der Waals surface area contributed by atoms with Crippen LogP contribution in [-0.2, 0) is 6.54 Å². The molecule has 0 aliphatic rings. The molecule has 98 valence electrons. The second kappa shape index (κ2) is 5.85. The van der Waals surface area contributed by atoms with E-state index in [4.69, 9.17) is 0 Å². The van der Waals surface area contributed by atoms with Crippen molar-refractivity contribution in [3.63, 3.8) is 0 Å². The minimum atomic E-state index is -0.456. The zero-order valence-corrected chi connectivity index (χ0v) is 11.4. The van der Waals surface area contributed by atoms with E-state index in [9.17, 15) is 14.9 Å². The molecule has 0 saturated heterocycles. The number of nitro groups is 1. The molecular weight excluding hydrogens is 284 g/mol. The van der Waals surface area contributed by atoms with Gasteiger partial charge in [-0.2, -0.15) is 0 Å². The van der Waals surface area contributed by atoms with Crippen molar-refractivity contribution in [2.75, 3.05) is 0 Å². The van der Waals surface area contributed by atoms with Crippen LogP contribution in [0.1, 0.15) is 15.2 Å². The lowest BCUT2D eigenvalue weighted by Gasteiger charge is -2.03. The normalized spacial score (nSPS) is 10.2. The minimum absolute atomic E-state index is 0.0352. The summed E-state index contributed by atoms with van der Waals surface area (Å²) in [5, 5.41) is 15.0. The van der Waals surface area contributed by atoms with Crippen LogP contribution in [0.2, 0.25) is 0 Å². The van der Waals surface area contributed by atoms with Gasteiger partial charge in [-0.3, -0.25) is 14.9 Å². The maximum absolute atomic E-state index is 11.8. The molecule has 5 nitrogen and oxygen atoms in total. The topological polar surface area (TPSA) is 72.2 Å². The van der Waals surface area contributed by atoms with Gasteiger partial charge in [-0.25, -0.2) is 0 Å². The Morgan fingerprint density at radius 3 is 2.58 bits per heavy atom. The van der Waals surface area contributed by atoms with Gasteiger partial charge in [-0.05, 0) is 11.6 Å². The van der Waals surface area contributed by atoms with E-state index in [2.05, 4.69) is 17.9 Å². The molecule has 0 fully saturated rings. The number of nitrogens with zero attached hydrogens (tertiary/aromatic N) is 1.